The van der Waals surface area contributed by atoms with Gasteiger partial charge in [0.15, 0.2) is 0 Å². The highest BCUT2D eigenvalue weighted by atomic mass is 35.5. The van der Waals surface area contributed by atoms with E-state index in [1.54, 1.807) is 0 Å². The van der Waals surface area contributed by atoms with E-state index in [1.165, 1.54) is 26.4 Å². The molecule has 24 heavy (non-hydrogen) atoms. The minimum absolute atomic E-state index is 0.00268. The molecule has 2 rings (SSSR count). The number of hydrogen-bond acceptors (Lipinski definition) is 6. The zero-order valence-corrected chi connectivity index (χ0v) is 14.2. The number of halogens is 1. The van der Waals surface area contributed by atoms with Gasteiger partial charge in [0.2, 0.25) is 0 Å². The first-order valence-corrected chi connectivity index (χ1v) is 8.24. The van der Waals surface area contributed by atoms with Gasteiger partial charge >= 0.3 is 0 Å². The van der Waals surface area contributed by atoms with E-state index in [2.05, 4.69) is 4.72 Å². The SMILES string of the molecule is COc1cc([N-]S(=O)(=O)c2ccc([N+](=O)[O-])cc2)c(OC)cc1Cl. The largest absolute Gasteiger partial charge is 0.570 e. The van der Waals surface area contributed by atoms with Crippen molar-refractivity contribution in [3.05, 3.63) is 56.3 Å². The van der Waals surface area contributed by atoms with Crippen LogP contribution in [0.5, 0.6) is 11.5 Å². The van der Waals surface area contributed by atoms with Crippen molar-refractivity contribution >= 4 is 33.0 Å². The Balaban J connectivity index is 2.40. The average molecular weight is 372 g/mol. The second kappa shape index (κ2) is 6.93. The summed E-state index contributed by atoms with van der Waals surface area (Å²) in [7, 11) is -1.38. The van der Waals surface area contributed by atoms with Gasteiger partial charge in [-0.25, -0.2) is 8.42 Å². The molecule has 0 radical (unpaired) electrons. The van der Waals surface area contributed by atoms with Crippen molar-refractivity contribution < 1.29 is 22.8 Å². The van der Waals surface area contributed by atoms with Crippen molar-refractivity contribution in [3.63, 3.8) is 0 Å². The molecular formula is C14H12ClN2O6S-. The Morgan fingerprint density at radius 3 is 2.17 bits per heavy atom. The first kappa shape index (κ1) is 17.8. The molecule has 0 aliphatic heterocycles. The highest BCUT2D eigenvalue weighted by Gasteiger charge is 2.12. The van der Waals surface area contributed by atoms with Crippen LogP contribution in [0.2, 0.25) is 5.02 Å². The van der Waals surface area contributed by atoms with Gasteiger partial charge in [-0.05, 0) is 18.2 Å². The van der Waals surface area contributed by atoms with Gasteiger partial charge in [-0.2, -0.15) is 0 Å². The van der Waals surface area contributed by atoms with E-state index in [1.807, 2.05) is 0 Å². The van der Waals surface area contributed by atoms with E-state index in [0.717, 1.165) is 24.3 Å². The highest BCUT2D eigenvalue weighted by molar-refractivity contribution is 7.94. The third-order valence-corrected chi connectivity index (χ3v) is 4.62. The molecule has 0 bridgehead atoms. The van der Waals surface area contributed by atoms with Gasteiger partial charge in [0, 0.05) is 18.2 Å². The van der Waals surface area contributed by atoms with Gasteiger partial charge in [0.1, 0.15) is 21.5 Å². The van der Waals surface area contributed by atoms with Crippen molar-refractivity contribution in [2.75, 3.05) is 14.2 Å². The van der Waals surface area contributed by atoms with E-state index in [9.17, 15) is 18.5 Å². The predicted molar refractivity (Wildman–Crippen MR) is 87.9 cm³/mol. The van der Waals surface area contributed by atoms with Crippen LogP contribution in [0.25, 0.3) is 4.72 Å². The minimum Gasteiger partial charge on any atom is -0.570 e. The lowest BCUT2D eigenvalue weighted by Crippen LogP contribution is -1.99. The predicted octanol–water partition coefficient (Wildman–Crippen LogP) is 3.66. The molecule has 0 N–H and O–H groups in total. The standard InChI is InChI=1S/C14H12ClN2O6S/c1-22-13-8-12(14(23-2)7-11(13)15)16-24(20,21)10-5-3-9(4-6-10)17(18)19/h3-8H,1-2H3/q-1. The number of nitro benzene ring substituents is 1. The molecule has 10 heteroatoms. The van der Waals surface area contributed by atoms with E-state index in [4.69, 9.17) is 21.1 Å². The van der Waals surface area contributed by atoms with Crippen LogP contribution in [0.15, 0.2) is 41.3 Å². The molecule has 0 aliphatic rings. The van der Waals surface area contributed by atoms with E-state index < -0.39 is 14.9 Å². The lowest BCUT2D eigenvalue weighted by atomic mass is 10.3. The van der Waals surface area contributed by atoms with E-state index >= 15 is 0 Å². The summed E-state index contributed by atoms with van der Waals surface area (Å²) in [6, 6.07) is 7.09. The van der Waals surface area contributed by atoms with Crippen LogP contribution >= 0.6 is 11.6 Å². The van der Waals surface area contributed by atoms with Gasteiger partial charge in [0.05, 0.1) is 29.1 Å². The molecule has 0 heterocycles. The highest BCUT2D eigenvalue weighted by Crippen LogP contribution is 2.42. The number of ether oxygens (including phenoxy) is 2. The zero-order valence-electron chi connectivity index (χ0n) is 12.6. The quantitative estimate of drug-likeness (QED) is 0.566. The van der Waals surface area contributed by atoms with Gasteiger partial charge < -0.3 is 14.2 Å². The van der Waals surface area contributed by atoms with E-state index in [0.29, 0.717) is 0 Å². The summed E-state index contributed by atoms with van der Waals surface area (Å²) in [5, 5.41) is 10.9. The molecule has 0 saturated carbocycles. The number of hydrogen-bond donors (Lipinski definition) is 0. The Morgan fingerprint density at radius 1 is 1.08 bits per heavy atom. The van der Waals surface area contributed by atoms with Crippen molar-refractivity contribution in [1.82, 2.24) is 0 Å². The molecule has 2 aromatic carbocycles. The fraction of sp³-hybridized carbons (Fsp3) is 0.143. The molecule has 0 spiro atoms. The Bertz CT molecular complexity index is 868. The number of non-ortho nitro benzene ring substituents is 1. The number of benzene rings is 2. The second-order valence-electron chi connectivity index (χ2n) is 4.48. The average Bonchev–Trinajstić information content (AvgIpc) is 2.55. The number of methoxy groups -OCH3 is 2. The molecule has 0 aromatic heterocycles. The van der Waals surface area contributed by atoms with Gasteiger partial charge in [-0.1, -0.05) is 17.3 Å². The van der Waals surface area contributed by atoms with Crippen LogP contribution in [-0.2, 0) is 10.0 Å². The summed E-state index contributed by atoms with van der Waals surface area (Å²) in [6.07, 6.45) is 0. The minimum atomic E-state index is -4.10. The number of nitrogens with zero attached hydrogens (tertiary/aromatic N) is 2. The molecular weight excluding hydrogens is 360 g/mol. The maximum Gasteiger partial charge on any atom is 0.269 e. The summed E-state index contributed by atoms with van der Waals surface area (Å²) in [6.45, 7) is 0. The molecule has 0 aliphatic carbocycles. The van der Waals surface area contributed by atoms with Crippen molar-refractivity contribution in [2.45, 2.75) is 4.90 Å². The topological polar surface area (TPSA) is 110 Å². The van der Waals surface area contributed by atoms with Crippen LogP contribution in [-0.4, -0.2) is 27.6 Å². The number of sulfonamides is 1. The zero-order chi connectivity index (χ0) is 17.9. The van der Waals surface area contributed by atoms with Gasteiger partial charge in [-0.15, -0.1) is 0 Å². The Labute approximate surface area is 143 Å². The summed E-state index contributed by atoms with van der Waals surface area (Å²) in [5.74, 6) is 0.376. The lowest BCUT2D eigenvalue weighted by Gasteiger charge is -2.25. The van der Waals surface area contributed by atoms with Gasteiger partial charge in [0.25, 0.3) is 5.69 Å². The molecule has 0 amide bonds. The maximum atomic E-state index is 12.4. The monoisotopic (exact) mass is 371 g/mol. The normalized spacial score (nSPS) is 11.0. The smallest absolute Gasteiger partial charge is 0.269 e. The van der Waals surface area contributed by atoms with Crippen LogP contribution in [0.3, 0.4) is 0 Å². The van der Waals surface area contributed by atoms with Crippen LogP contribution in [0.1, 0.15) is 0 Å². The van der Waals surface area contributed by atoms with Crippen molar-refractivity contribution in [1.29, 1.82) is 0 Å². The fourth-order valence-corrected chi connectivity index (χ4v) is 3.06. The molecule has 0 atom stereocenters. The molecule has 0 unspecified atom stereocenters. The van der Waals surface area contributed by atoms with Crippen LogP contribution in [0.4, 0.5) is 11.4 Å². The third kappa shape index (κ3) is 3.69. The molecule has 8 nitrogen and oxygen atoms in total. The summed E-state index contributed by atoms with van der Waals surface area (Å²) in [5.41, 5.74) is -0.225. The van der Waals surface area contributed by atoms with Crippen LogP contribution < -0.4 is 9.47 Å². The first-order chi connectivity index (χ1) is 11.3. The Kier molecular flexibility index (Phi) is 5.15. The molecule has 2 aromatic rings. The fourth-order valence-electron chi connectivity index (χ4n) is 1.84. The second-order valence-corrected chi connectivity index (χ2v) is 6.49. The first-order valence-electron chi connectivity index (χ1n) is 6.42. The summed E-state index contributed by atoms with van der Waals surface area (Å²) >= 11 is 5.96. The molecule has 128 valence electrons. The molecule has 0 fully saturated rings. The number of rotatable bonds is 6. The van der Waals surface area contributed by atoms with Crippen LogP contribution in [0, 0.1) is 10.1 Å². The Hall–Kier alpha value is -2.52. The summed E-state index contributed by atoms with van der Waals surface area (Å²) in [4.78, 5) is 9.81. The molecule has 0 saturated heterocycles. The van der Waals surface area contributed by atoms with Crippen molar-refractivity contribution in [3.8, 4) is 11.5 Å². The number of nitro groups is 1. The third-order valence-electron chi connectivity index (χ3n) is 3.02. The maximum absolute atomic E-state index is 12.4. The summed E-state index contributed by atoms with van der Waals surface area (Å²) < 4.78 is 38.5. The van der Waals surface area contributed by atoms with Gasteiger partial charge in [-0.3, -0.25) is 10.1 Å². The lowest BCUT2D eigenvalue weighted by molar-refractivity contribution is -0.384. The van der Waals surface area contributed by atoms with Crippen molar-refractivity contribution in [2.24, 2.45) is 0 Å². The Morgan fingerprint density at radius 2 is 1.67 bits per heavy atom. The van der Waals surface area contributed by atoms with E-state index in [-0.39, 0.29) is 32.8 Å².